The van der Waals surface area contributed by atoms with Gasteiger partial charge in [-0.2, -0.15) is 5.11 Å². The van der Waals surface area contributed by atoms with Gasteiger partial charge >= 0.3 is 0 Å². The third-order valence-electron chi connectivity index (χ3n) is 5.08. The first kappa shape index (κ1) is 18.0. The Labute approximate surface area is 162 Å². The van der Waals surface area contributed by atoms with E-state index in [1.165, 1.54) is 14.2 Å². The Morgan fingerprint density at radius 3 is 2.46 bits per heavy atom. The van der Waals surface area contributed by atoms with Gasteiger partial charge in [0.05, 0.1) is 26.5 Å². The standard InChI is InChI=1S/C20H20N4O4/c1-12-6-4-5-7-13(12)11-23-18-17(21-22-23)19(25)24(20(18)26)14-8-9-15(27-2)16(10-14)28-3/h4-10,17-18H,11H2,1-3H3/t17-,18+/m0/s1. The highest BCUT2D eigenvalue weighted by Gasteiger charge is 2.54. The molecule has 2 amide bonds. The molecule has 0 aliphatic carbocycles. The summed E-state index contributed by atoms with van der Waals surface area (Å²) in [6.07, 6.45) is 0. The van der Waals surface area contributed by atoms with E-state index >= 15 is 0 Å². The van der Waals surface area contributed by atoms with Gasteiger partial charge in [0, 0.05) is 6.07 Å². The van der Waals surface area contributed by atoms with Crippen LogP contribution in [0.25, 0.3) is 0 Å². The Kier molecular flexibility index (Phi) is 4.46. The number of hydrogen-bond donors (Lipinski definition) is 0. The number of aryl methyl sites for hydroxylation is 1. The zero-order valence-corrected chi connectivity index (χ0v) is 15.8. The van der Waals surface area contributed by atoms with Crippen LogP contribution in [0.2, 0.25) is 0 Å². The quantitative estimate of drug-likeness (QED) is 0.744. The Bertz CT molecular complexity index is 974. The second-order valence-electron chi connectivity index (χ2n) is 6.67. The number of amides is 2. The molecule has 2 aromatic carbocycles. The smallest absolute Gasteiger partial charge is 0.263 e. The maximum atomic E-state index is 13.1. The number of fused-ring (bicyclic) bond motifs is 1. The van der Waals surface area contributed by atoms with E-state index in [1.807, 2.05) is 31.2 Å². The van der Waals surface area contributed by atoms with Crippen LogP contribution in [0.5, 0.6) is 11.5 Å². The molecule has 0 spiro atoms. The summed E-state index contributed by atoms with van der Waals surface area (Å²) in [5.74, 6) is 0.224. The van der Waals surface area contributed by atoms with Crippen molar-refractivity contribution in [2.75, 3.05) is 19.1 Å². The van der Waals surface area contributed by atoms with Gasteiger partial charge in [0.2, 0.25) is 0 Å². The predicted octanol–water partition coefficient (Wildman–Crippen LogP) is 2.51. The molecule has 0 bridgehead atoms. The van der Waals surface area contributed by atoms with Gasteiger partial charge in [0.25, 0.3) is 11.8 Å². The summed E-state index contributed by atoms with van der Waals surface area (Å²) in [5, 5.41) is 9.75. The van der Waals surface area contributed by atoms with Gasteiger partial charge in [-0.25, -0.2) is 4.90 Å². The van der Waals surface area contributed by atoms with Gasteiger partial charge < -0.3 is 9.47 Å². The van der Waals surface area contributed by atoms with Gasteiger partial charge in [-0.15, -0.1) is 0 Å². The second-order valence-corrected chi connectivity index (χ2v) is 6.67. The largest absolute Gasteiger partial charge is 0.493 e. The molecule has 1 saturated heterocycles. The molecule has 0 N–H and O–H groups in total. The summed E-state index contributed by atoms with van der Waals surface area (Å²) in [6.45, 7) is 2.41. The molecule has 28 heavy (non-hydrogen) atoms. The summed E-state index contributed by atoms with van der Waals surface area (Å²) < 4.78 is 10.5. The molecule has 0 radical (unpaired) electrons. The van der Waals surface area contributed by atoms with Crippen molar-refractivity contribution in [3.8, 4) is 11.5 Å². The number of nitrogens with zero attached hydrogens (tertiary/aromatic N) is 4. The minimum Gasteiger partial charge on any atom is -0.493 e. The summed E-state index contributed by atoms with van der Waals surface area (Å²) in [4.78, 5) is 27.1. The molecule has 8 nitrogen and oxygen atoms in total. The fraction of sp³-hybridized carbons (Fsp3) is 0.300. The lowest BCUT2D eigenvalue weighted by atomic mass is 10.1. The monoisotopic (exact) mass is 380 g/mol. The molecule has 144 valence electrons. The van der Waals surface area contributed by atoms with E-state index in [9.17, 15) is 9.59 Å². The van der Waals surface area contributed by atoms with Gasteiger partial charge in [-0.05, 0) is 30.2 Å². The minimum atomic E-state index is -0.829. The summed E-state index contributed by atoms with van der Waals surface area (Å²) in [6, 6.07) is 11.2. The minimum absolute atomic E-state index is 0.346. The van der Waals surface area contributed by atoms with E-state index in [1.54, 1.807) is 23.2 Å². The van der Waals surface area contributed by atoms with Crippen LogP contribution in [-0.2, 0) is 16.1 Å². The van der Waals surface area contributed by atoms with Crippen molar-refractivity contribution in [3.63, 3.8) is 0 Å². The molecule has 0 unspecified atom stereocenters. The molecule has 8 heteroatoms. The molecule has 0 saturated carbocycles. The molecule has 2 heterocycles. The van der Waals surface area contributed by atoms with Crippen molar-refractivity contribution in [2.24, 2.45) is 10.3 Å². The molecule has 2 aromatic rings. The Balaban J connectivity index is 1.62. The average Bonchev–Trinajstić information content (AvgIpc) is 3.23. The predicted molar refractivity (Wildman–Crippen MR) is 101 cm³/mol. The number of imide groups is 1. The zero-order chi connectivity index (χ0) is 19.8. The number of benzene rings is 2. The Hall–Kier alpha value is -3.42. The molecular formula is C20H20N4O4. The first-order valence-electron chi connectivity index (χ1n) is 8.87. The van der Waals surface area contributed by atoms with Crippen molar-refractivity contribution < 1.29 is 19.1 Å². The molecule has 4 rings (SSSR count). The normalized spacial score (nSPS) is 20.7. The van der Waals surface area contributed by atoms with Gasteiger partial charge in [-0.1, -0.05) is 29.5 Å². The second kappa shape index (κ2) is 6.95. The van der Waals surface area contributed by atoms with E-state index in [2.05, 4.69) is 10.3 Å². The molecule has 2 aliphatic heterocycles. The van der Waals surface area contributed by atoms with Gasteiger partial charge in [0.15, 0.2) is 23.6 Å². The zero-order valence-electron chi connectivity index (χ0n) is 15.8. The van der Waals surface area contributed by atoms with Gasteiger partial charge in [-0.3, -0.25) is 14.6 Å². The highest BCUT2D eigenvalue weighted by molar-refractivity contribution is 6.25. The average molecular weight is 380 g/mol. The van der Waals surface area contributed by atoms with Crippen molar-refractivity contribution >= 4 is 17.5 Å². The number of carbonyl (C=O) groups excluding carboxylic acids is 2. The van der Waals surface area contributed by atoms with E-state index in [-0.39, 0.29) is 5.91 Å². The van der Waals surface area contributed by atoms with Crippen LogP contribution < -0.4 is 14.4 Å². The summed E-state index contributed by atoms with van der Waals surface area (Å²) in [7, 11) is 3.03. The molecule has 2 aliphatic rings. The van der Waals surface area contributed by atoms with Crippen LogP contribution in [0.15, 0.2) is 52.8 Å². The first-order valence-corrected chi connectivity index (χ1v) is 8.87. The number of carbonyl (C=O) groups is 2. The molecule has 2 atom stereocenters. The fourth-order valence-electron chi connectivity index (χ4n) is 3.53. The number of ether oxygens (including phenoxy) is 2. The number of methoxy groups -OCH3 is 2. The van der Waals surface area contributed by atoms with Crippen LogP contribution in [0.4, 0.5) is 5.69 Å². The van der Waals surface area contributed by atoms with Crippen molar-refractivity contribution in [1.29, 1.82) is 0 Å². The maximum Gasteiger partial charge on any atom is 0.263 e. The SMILES string of the molecule is COc1ccc(N2C(=O)[C@H]3N=NN(Cc4ccccc4C)[C@H]3C2=O)cc1OC. The van der Waals surface area contributed by atoms with Crippen LogP contribution >= 0.6 is 0 Å². The lowest BCUT2D eigenvalue weighted by Gasteiger charge is -2.21. The number of hydrogen-bond acceptors (Lipinski definition) is 7. The highest BCUT2D eigenvalue weighted by atomic mass is 16.5. The van der Waals surface area contributed by atoms with Crippen LogP contribution in [0.3, 0.4) is 0 Å². The third kappa shape index (κ3) is 2.77. The van der Waals surface area contributed by atoms with Crippen molar-refractivity contribution in [3.05, 3.63) is 53.6 Å². The summed E-state index contributed by atoms with van der Waals surface area (Å²) in [5.41, 5.74) is 2.55. The lowest BCUT2D eigenvalue weighted by Crippen LogP contribution is -2.39. The number of rotatable bonds is 5. The fourth-order valence-corrected chi connectivity index (χ4v) is 3.53. The van der Waals surface area contributed by atoms with E-state index < -0.39 is 18.0 Å². The van der Waals surface area contributed by atoms with Crippen molar-refractivity contribution in [2.45, 2.75) is 25.6 Å². The topological polar surface area (TPSA) is 83.8 Å². The maximum absolute atomic E-state index is 13.1. The van der Waals surface area contributed by atoms with Crippen molar-refractivity contribution in [1.82, 2.24) is 5.01 Å². The van der Waals surface area contributed by atoms with Crippen LogP contribution in [0.1, 0.15) is 11.1 Å². The first-order chi connectivity index (χ1) is 13.5. The van der Waals surface area contributed by atoms with Crippen LogP contribution in [0, 0.1) is 6.92 Å². The molecule has 0 aromatic heterocycles. The van der Waals surface area contributed by atoms with E-state index in [0.717, 1.165) is 16.0 Å². The lowest BCUT2D eigenvalue weighted by molar-refractivity contribution is -0.123. The van der Waals surface area contributed by atoms with E-state index in [4.69, 9.17) is 9.47 Å². The third-order valence-corrected chi connectivity index (χ3v) is 5.08. The van der Waals surface area contributed by atoms with E-state index in [0.29, 0.717) is 23.7 Å². The molecule has 1 fully saturated rings. The highest BCUT2D eigenvalue weighted by Crippen LogP contribution is 2.37. The number of anilines is 1. The molecular weight excluding hydrogens is 360 g/mol. The van der Waals surface area contributed by atoms with Crippen LogP contribution in [-0.4, -0.2) is 43.1 Å². The Morgan fingerprint density at radius 2 is 1.75 bits per heavy atom. The summed E-state index contributed by atoms with van der Waals surface area (Å²) >= 11 is 0. The van der Waals surface area contributed by atoms with Gasteiger partial charge in [0.1, 0.15) is 0 Å². The Morgan fingerprint density at radius 1 is 1.00 bits per heavy atom.